The van der Waals surface area contributed by atoms with E-state index in [9.17, 15) is 4.79 Å². The number of rotatable bonds is 9. The number of hydrogen-bond acceptors (Lipinski definition) is 4. The predicted molar refractivity (Wildman–Crippen MR) is 99.7 cm³/mol. The lowest BCUT2D eigenvalue weighted by atomic mass is 9.84. The van der Waals surface area contributed by atoms with Crippen molar-refractivity contribution in [3.8, 4) is 5.75 Å². The van der Waals surface area contributed by atoms with Crippen molar-refractivity contribution >= 4 is 5.91 Å². The molecule has 0 radical (unpaired) electrons. The van der Waals surface area contributed by atoms with Crippen LogP contribution >= 0.6 is 0 Å². The third-order valence-electron chi connectivity index (χ3n) is 5.12. The molecule has 25 heavy (non-hydrogen) atoms. The molecule has 2 rings (SSSR count). The standard InChI is InChI=1S/C20H32N2O3/c1-24-18-11-7-6-10-16(18)12-13-22-20(23)19(25-2)17(21)14-15-8-4-3-5-9-15/h6-7,10-11,15,17,19H,3-5,8-9,12-14,21H2,1-2H3,(H,22,23)/t17-,19?/m1/s1. The molecule has 0 aromatic heterocycles. The molecular weight excluding hydrogens is 316 g/mol. The van der Waals surface area contributed by atoms with Crippen LogP contribution in [0.2, 0.25) is 0 Å². The van der Waals surface area contributed by atoms with Crippen molar-refractivity contribution in [1.29, 1.82) is 0 Å². The molecule has 1 saturated carbocycles. The van der Waals surface area contributed by atoms with Crippen LogP contribution in [0.5, 0.6) is 5.75 Å². The second-order valence-corrected chi connectivity index (χ2v) is 6.91. The van der Waals surface area contributed by atoms with E-state index in [4.69, 9.17) is 15.2 Å². The Bertz CT molecular complexity index is 529. The predicted octanol–water partition coefficient (Wildman–Crippen LogP) is 2.67. The van der Waals surface area contributed by atoms with E-state index in [-0.39, 0.29) is 11.9 Å². The van der Waals surface area contributed by atoms with Gasteiger partial charge in [0.05, 0.1) is 7.11 Å². The first kappa shape index (κ1) is 19.7. The van der Waals surface area contributed by atoms with Gasteiger partial charge in [-0.25, -0.2) is 0 Å². The minimum Gasteiger partial charge on any atom is -0.496 e. The Balaban J connectivity index is 1.80. The first-order valence-corrected chi connectivity index (χ1v) is 9.33. The fraction of sp³-hybridized carbons (Fsp3) is 0.650. The summed E-state index contributed by atoms with van der Waals surface area (Å²) in [5.74, 6) is 1.34. The lowest BCUT2D eigenvalue weighted by molar-refractivity contribution is -0.132. The van der Waals surface area contributed by atoms with Gasteiger partial charge in [-0.1, -0.05) is 50.3 Å². The van der Waals surface area contributed by atoms with Gasteiger partial charge >= 0.3 is 0 Å². The van der Waals surface area contributed by atoms with Gasteiger partial charge in [-0.15, -0.1) is 0 Å². The molecule has 1 aromatic carbocycles. The van der Waals surface area contributed by atoms with Gasteiger partial charge in [-0.05, 0) is 30.4 Å². The first-order chi connectivity index (χ1) is 12.2. The van der Waals surface area contributed by atoms with Gasteiger partial charge in [0.25, 0.3) is 5.91 Å². The lowest BCUT2D eigenvalue weighted by Crippen LogP contribution is -2.48. The molecule has 140 valence electrons. The minimum absolute atomic E-state index is 0.124. The molecule has 0 spiro atoms. The molecule has 1 amide bonds. The summed E-state index contributed by atoms with van der Waals surface area (Å²) in [5.41, 5.74) is 7.36. The number of methoxy groups -OCH3 is 2. The van der Waals surface area contributed by atoms with Crippen molar-refractivity contribution in [2.75, 3.05) is 20.8 Å². The highest BCUT2D eigenvalue weighted by Crippen LogP contribution is 2.27. The highest BCUT2D eigenvalue weighted by Gasteiger charge is 2.28. The van der Waals surface area contributed by atoms with E-state index in [0.717, 1.165) is 17.7 Å². The van der Waals surface area contributed by atoms with E-state index >= 15 is 0 Å². The van der Waals surface area contributed by atoms with Gasteiger partial charge in [0.2, 0.25) is 0 Å². The van der Waals surface area contributed by atoms with Crippen LogP contribution in [0, 0.1) is 5.92 Å². The van der Waals surface area contributed by atoms with Crippen LogP contribution < -0.4 is 15.8 Å². The van der Waals surface area contributed by atoms with Crippen LogP contribution in [0.4, 0.5) is 0 Å². The number of carbonyl (C=O) groups excluding carboxylic acids is 1. The van der Waals surface area contributed by atoms with Crippen LogP contribution in [-0.4, -0.2) is 38.8 Å². The molecule has 3 N–H and O–H groups in total. The summed E-state index contributed by atoms with van der Waals surface area (Å²) >= 11 is 0. The quantitative estimate of drug-likeness (QED) is 0.719. The summed E-state index contributed by atoms with van der Waals surface area (Å²) in [6.07, 6.45) is 7.31. The van der Waals surface area contributed by atoms with Crippen molar-refractivity contribution in [3.05, 3.63) is 29.8 Å². The molecule has 5 heteroatoms. The maximum atomic E-state index is 12.5. The highest BCUT2D eigenvalue weighted by atomic mass is 16.5. The van der Waals surface area contributed by atoms with Gasteiger partial charge in [0.15, 0.2) is 6.10 Å². The number of para-hydroxylation sites is 1. The minimum atomic E-state index is -0.584. The average molecular weight is 348 g/mol. The molecule has 2 atom stereocenters. The molecule has 1 unspecified atom stereocenters. The molecule has 0 aliphatic heterocycles. The molecule has 1 aliphatic rings. The van der Waals surface area contributed by atoms with Gasteiger partial charge < -0.3 is 20.5 Å². The fourth-order valence-electron chi connectivity index (χ4n) is 3.74. The molecule has 1 fully saturated rings. The Morgan fingerprint density at radius 1 is 1.24 bits per heavy atom. The van der Waals surface area contributed by atoms with Crippen molar-refractivity contribution < 1.29 is 14.3 Å². The average Bonchev–Trinajstić information content (AvgIpc) is 2.63. The molecule has 1 aromatic rings. The molecule has 0 bridgehead atoms. The van der Waals surface area contributed by atoms with Crippen molar-refractivity contribution in [2.24, 2.45) is 11.7 Å². The Morgan fingerprint density at radius 3 is 2.64 bits per heavy atom. The molecular formula is C20H32N2O3. The van der Waals surface area contributed by atoms with Crippen molar-refractivity contribution in [2.45, 2.75) is 57.1 Å². The zero-order chi connectivity index (χ0) is 18.1. The summed E-state index contributed by atoms with van der Waals surface area (Å²) in [6.45, 7) is 0.537. The summed E-state index contributed by atoms with van der Waals surface area (Å²) in [4.78, 5) is 12.5. The van der Waals surface area contributed by atoms with Gasteiger partial charge in [0.1, 0.15) is 5.75 Å². The highest BCUT2D eigenvalue weighted by molar-refractivity contribution is 5.81. The molecule has 1 aliphatic carbocycles. The van der Waals surface area contributed by atoms with Gasteiger partial charge in [0, 0.05) is 19.7 Å². The smallest absolute Gasteiger partial charge is 0.250 e. The zero-order valence-corrected chi connectivity index (χ0v) is 15.5. The topological polar surface area (TPSA) is 73.6 Å². The van der Waals surface area contributed by atoms with Crippen molar-refractivity contribution in [1.82, 2.24) is 5.32 Å². The van der Waals surface area contributed by atoms with Crippen LogP contribution in [0.25, 0.3) is 0 Å². The maximum absolute atomic E-state index is 12.5. The zero-order valence-electron chi connectivity index (χ0n) is 15.5. The number of ether oxygens (including phenoxy) is 2. The number of amides is 1. The van der Waals surface area contributed by atoms with E-state index in [1.165, 1.54) is 32.1 Å². The van der Waals surface area contributed by atoms with E-state index in [2.05, 4.69) is 5.32 Å². The number of nitrogens with two attached hydrogens (primary N) is 1. The summed E-state index contributed by atoms with van der Waals surface area (Å²) in [7, 11) is 3.22. The van der Waals surface area contributed by atoms with E-state index in [0.29, 0.717) is 18.9 Å². The molecule has 0 saturated heterocycles. The SMILES string of the molecule is COc1ccccc1CCNC(=O)C(OC)[C@H](N)CC1CCCCC1. The van der Waals surface area contributed by atoms with Gasteiger partial charge in [-0.3, -0.25) is 4.79 Å². The largest absolute Gasteiger partial charge is 0.496 e. The maximum Gasteiger partial charge on any atom is 0.250 e. The number of nitrogens with one attached hydrogen (secondary N) is 1. The van der Waals surface area contributed by atoms with E-state index < -0.39 is 6.10 Å². The fourth-order valence-corrected chi connectivity index (χ4v) is 3.74. The summed E-state index contributed by atoms with van der Waals surface area (Å²) in [5, 5.41) is 2.95. The van der Waals surface area contributed by atoms with Crippen LogP contribution in [0.15, 0.2) is 24.3 Å². The van der Waals surface area contributed by atoms with E-state index in [1.54, 1.807) is 14.2 Å². The molecule has 5 nitrogen and oxygen atoms in total. The summed E-state index contributed by atoms with van der Waals surface area (Å²) in [6, 6.07) is 7.59. The second-order valence-electron chi connectivity index (χ2n) is 6.91. The third kappa shape index (κ3) is 6.01. The number of carbonyl (C=O) groups is 1. The van der Waals surface area contributed by atoms with Crippen LogP contribution in [-0.2, 0) is 16.0 Å². The van der Waals surface area contributed by atoms with Crippen LogP contribution in [0.3, 0.4) is 0 Å². The Labute approximate surface area is 151 Å². The summed E-state index contributed by atoms with van der Waals surface area (Å²) < 4.78 is 10.7. The normalized spacial score (nSPS) is 17.7. The Kier molecular flexibility index (Phi) is 8.22. The second kappa shape index (κ2) is 10.4. The van der Waals surface area contributed by atoms with E-state index in [1.807, 2.05) is 24.3 Å². The number of hydrogen-bond donors (Lipinski definition) is 2. The number of benzene rings is 1. The first-order valence-electron chi connectivity index (χ1n) is 9.33. The van der Waals surface area contributed by atoms with Crippen LogP contribution in [0.1, 0.15) is 44.1 Å². The monoisotopic (exact) mass is 348 g/mol. The lowest BCUT2D eigenvalue weighted by Gasteiger charge is -2.28. The Hall–Kier alpha value is -1.59. The molecule has 0 heterocycles. The van der Waals surface area contributed by atoms with Gasteiger partial charge in [-0.2, -0.15) is 0 Å². The van der Waals surface area contributed by atoms with Crippen molar-refractivity contribution in [3.63, 3.8) is 0 Å². The Morgan fingerprint density at radius 2 is 1.96 bits per heavy atom. The third-order valence-corrected chi connectivity index (χ3v) is 5.12.